The monoisotopic (exact) mass is 248 g/mol. The Kier molecular flexibility index (Phi) is 4.17. The van der Waals surface area contributed by atoms with Gasteiger partial charge in [-0.05, 0) is 35.6 Å². The average Bonchev–Trinajstić information content (AvgIpc) is 2.15. The third-order valence-electron chi connectivity index (χ3n) is 2.67. The van der Waals surface area contributed by atoms with Crippen LogP contribution in [0.2, 0.25) is 0 Å². The van der Waals surface area contributed by atoms with E-state index >= 15 is 0 Å². The minimum absolute atomic E-state index is 0.0434. The molecule has 0 spiro atoms. The second kappa shape index (κ2) is 5.07. The summed E-state index contributed by atoms with van der Waals surface area (Å²) in [6.07, 6.45) is -3.62. The number of alkyl halides is 3. The number of rotatable bonds is 3. The summed E-state index contributed by atoms with van der Waals surface area (Å²) in [4.78, 5) is 0. The van der Waals surface area contributed by atoms with E-state index in [4.69, 9.17) is 0 Å². The van der Waals surface area contributed by atoms with Gasteiger partial charge in [-0.2, -0.15) is 13.2 Å². The molecule has 0 fully saturated rings. The topological polar surface area (TPSA) is 0 Å². The van der Waals surface area contributed by atoms with Gasteiger partial charge in [0.1, 0.15) is 5.82 Å². The summed E-state index contributed by atoms with van der Waals surface area (Å²) >= 11 is 0. The quantitative estimate of drug-likeness (QED) is 0.666. The predicted molar refractivity (Wildman–Crippen MR) is 59.5 cm³/mol. The molecule has 0 unspecified atom stereocenters. The standard InChI is InChI=1S/C13H16F4/c1-4-5-9-6-12(14)10(8(2)3)7-11(9)13(15,16)17/h6-8H,4-5H2,1-3H3. The number of benzene rings is 1. The molecule has 0 aliphatic rings. The maximum atomic E-state index is 13.6. The smallest absolute Gasteiger partial charge is 0.207 e. The lowest BCUT2D eigenvalue weighted by molar-refractivity contribution is -0.138. The van der Waals surface area contributed by atoms with Gasteiger partial charge in [-0.15, -0.1) is 0 Å². The largest absolute Gasteiger partial charge is 0.416 e. The fraction of sp³-hybridized carbons (Fsp3) is 0.538. The SMILES string of the molecule is CCCc1cc(F)c(C(C)C)cc1C(F)(F)F. The van der Waals surface area contributed by atoms with E-state index in [1.807, 2.05) is 0 Å². The first-order valence-corrected chi connectivity index (χ1v) is 5.66. The lowest BCUT2D eigenvalue weighted by Gasteiger charge is -2.16. The zero-order valence-corrected chi connectivity index (χ0v) is 10.2. The first-order valence-electron chi connectivity index (χ1n) is 5.66. The first-order chi connectivity index (χ1) is 7.77. The molecule has 1 aromatic carbocycles. The highest BCUT2D eigenvalue weighted by Gasteiger charge is 2.34. The van der Waals surface area contributed by atoms with E-state index in [9.17, 15) is 17.6 Å². The van der Waals surface area contributed by atoms with Gasteiger partial charge < -0.3 is 0 Å². The zero-order valence-electron chi connectivity index (χ0n) is 10.2. The average molecular weight is 248 g/mol. The van der Waals surface area contributed by atoms with Gasteiger partial charge >= 0.3 is 6.18 Å². The maximum Gasteiger partial charge on any atom is 0.416 e. The molecular formula is C13H16F4. The molecule has 4 heteroatoms. The lowest BCUT2D eigenvalue weighted by Crippen LogP contribution is -2.11. The van der Waals surface area contributed by atoms with E-state index < -0.39 is 17.6 Å². The Morgan fingerprint density at radius 1 is 1.18 bits per heavy atom. The molecule has 0 radical (unpaired) electrons. The van der Waals surface area contributed by atoms with Crippen LogP contribution in [0.5, 0.6) is 0 Å². The van der Waals surface area contributed by atoms with Crippen LogP contribution in [-0.2, 0) is 12.6 Å². The fourth-order valence-electron chi connectivity index (χ4n) is 1.81. The Morgan fingerprint density at radius 2 is 1.76 bits per heavy atom. The van der Waals surface area contributed by atoms with Crippen molar-refractivity contribution in [2.75, 3.05) is 0 Å². The van der Waals surface area contributed by atoms with E-state index in [2.05, 4.69) is 0 Å². The van der Waals surface area contributed by atoms with Crippen LogP contribution in [0.15, 0.2) is 12.1 Å². The predicted octanol–water partition coefficient (Wildman–Crippen LogP) is 4.92. The normalized spacial score (nSPS) is 12.2. The van der Waals surface area contributed by atoms with E-state index in [1.54, 1.807) is 20.8 Å². The second-order valence-electron chi connectivity index (χ2n) is 4.43. The minimum atomic E-state index is -4.41. The molecule has 0 aromatic heterocycles. The summed E-state index contributed by atoms with van der Waals surface area (Å²) < 4.78 is 52.1. The van der Waals surface area contributed by atoms with Crippen molar-refractivity contribution in [3.8, 4) is 0 Å². The molecule has 0 saturated heterocycles. The molecule has 0 aliphatic carbocycles. The van der Waals surface area contributed by atoms with Crippen molar-refractivity contribution in [3.63, 3.8) is 0 Å². The summed E-state index contributed by atoms with van der Waals surface area (Å²) in [6.45, 7) is 5.13. The highest BCUT2D eigenvalue weighted by Crippen LogP contribution is 2.35. The highest BCUT2D eigenvalue weighted by molar-refractivity contribution is 5.36. The first kappa shape index (κ1) is 14.0. The molecule has 0 nitrogen and oxygen atoms in total. The van der Waals surface area contributed by atoms with Crippen molar-refractivity contribution >= 4 is 0 Å². The van der Waals surface area contributed by atoms with Crippen LogP contribution in [0.3, 0.4) is 0 Å². The van der Waals surface area contributed by atoms with Crippen LogP contribution in [0, 0.1) is 5.82 Å². The Balaban J connectivity index is 3.37. The van der Waals surface area contributed by atoms with Crippen LogP contribution in [0.4, 0.5) is 17.6 Å². The van der Waals surface area contributed by atoms with Crippen molar-refractivity contribution < 1.29 is 17.6 Å². The molecule has 0 saturated carbocycles. The molecule has 0 heterocycles. The van der Waals surface area contributed by atoms with E-state index in [1.165, 1.54) is 0 Å². The van der Waals surface area contributed by atoms with Gasteiger partial charge in [-0.1, -0.05) is 27.2 Å². The van der Waals surface area contributed by atoms with Crippen LogP contribution in [0.25, 0.3) is 0 Å². The van der Waals surface area contributed by atoms with Crippen LogP contribution < -0.4 is 0 Å². The third-order valence-corrected chi connectivity index (χ3v) is 2.67. The summed E-state index contributed by atoms with van der Waals surface area (Å²) in [7, 11) is 0. The van der Waals surface area contributed by atoms with Gasteiger partial charge in [-0.25, -0.2) is 4.39 Å². The lowest BCUT2D eigenvalue weighted by atomic mass is 9.94. The van der Waals surface area contributed by atoms with Crippen molar-refractivity contribution in [3.05, 3.63) is 34.6 Å². The molecular weight excluding hydrogens is 232 g/mol. The Morgan fingerprint density at radius 3 is 2.18 bits per heavy atom. The molecule has 0 amide bonds. The number of hydrogen-bond acceptors (Lipinski definition) is 0. The summed E-state index contributed by atoms with van der Waals surface area (Å²) in [5, 5.41) is 0. The minimum Gasteiger partial charge on any atom is -0.207 e. The molecule has 0 N–H and O–H groups in total. The zero-order chi connectivity index (χ0) is 13.2. The number of aryl methyl sites for hydroxylation is 1. The van der Waals surface area contributed by atoms with Crippen molar-refractivity contribution in [1.82, 2.24) is 0 Å². The third kappa shape index (κ3) is 3.20. The Hall–Kier alpha value is -1.06. The van der Waals surface area contributed by atoms with E-state index in [-0.39, 0.29) is 23.5 Å². The molecule has 1 rings (SSSR count). The highest BCUT2D eigenvalue weighted by atomic mass is 19.4. The van der Waals surface area contributed by atoms with Gasteiger partial charge in [0.05, 0.1) is 5.56 Å². The van der Waals surface area contributed by atoms with Gasteiger partial charge in [-0.3, -0.25) is 0 Å². The van der Waals surface area contributed by atoms with Gasteiger partial charge in [0.2, 0.25) is 0 Å². The summed E-state index contributed by atoms with van der Waals surface area (Å²) in [6, 6.07) is 1.98. The molecule has 0 atom stereocenters. The molecule has 0 bridgehead atoms. The van der Waals surface area contributed by atoms with Crippen LogP contribution in [-0.4, -0.2) is 0 Å². The maximum absolute atomic E-state index is 13.6. The van der Waals surface area contributed by atoms with Crippen molar-refractivity contribution in [1.29, 1.82) is 0 Å². The molecule has 17 heavy (non-hydrogen) atoms. The van der Waals surface area contributed by atoms with Crippen LogP contribution in [0.1, 0.15) is 49.8 Å². The van der Waals surface area contributed by atoms with E-state index in [0.717, 1.165) is 12.1 Å². The summed E-state index contributed by atoms with van der Waals surface area (Å²) in [5.74, 6) is -0.803. The van der Waals surface area contributed by atoms with Crippen molar-refractivity contribution in [2.24, 2.45) is 0 Å². The second-order valence-corrected chi connectivity index (χ2v) is 4.43. The molecule has 0 aliphatic heterocycles. The van der Waals surface area contributed by atoms with Gasteiger partial charge in [0, 0.05) is 0 Å². The summed E-state index contributed by atoms with van der Waals surface area (Å²) in [5.41, 5.74) is -0.538. The number of halogens is 4. The Labute approximate surface area is 98.6 Å². The Bertz CT molecular complexity index is 391. The fourth-order valence-corrected chi connectivity index (χ4v) is 1.81. The number of hydrogen-bond donors (Lipinski definition) is 0. The van der Waals surface area contributed by atoms with Crippen molar-refractivity contribution in [2.45, 2.75) is 45.7 Å². The molecule has 96 valence electrons. The van der Waals surface area contributed by atoms with Gasteiger partial charge in [0.25, 0.3) is 0 Å². The van der Waals surface area contributed by atoms with Crippen LogP contribution >= 0.6 is 0 Å². The van der Waals surface area contributed by atoms with E-state index in [0.29, 0.717) is 6.42 Å². The van der Waals surface area contributed by atoms with Gasteiger partial charge in [0.15, 0.2) is 0 Å². The molecule has 1 aromatic rings.